The van der Waals surface area contributed by atoms with Gasteiger partial charge in [0.05, 0.1) is 19.3 Å². The van der Waals surface area contributed by atoms with Gasteiger partial charge in [0.25, 0.3) is 10.1 Å². The van der Waals surface area contributed by atoms with E-state index in [1.165, 1.54) is 38.5 Å². The molecule has 1 unspecified atom stereocenters. The third kappa shape index (κ3) is 12.9. The molecule has 0 aliphatic rings. The van der Waals surface area contributed by atoms with Gasteiger partial charge in [-0.2, -0.15) is 8.42 Å². The van der Waals surface area contributed by atoms with E-state index < -0.39 is 33.7 Å². The average Bonchev–Trinajstić information content (AvgIpc) is 2.56. The van der Waals surface area contributed by atoms with Crippen LogP contribution < -0.4 is 0 Å². The minimum atomic E-state index is -4.75. The maximum absolute atomic E-state index is 11.8. The topological polar surface area (TPSA) is 107 Å². The van der Waals surface area contributed by atoms with Crippen LogP contribution >= 0.6 is 0 Å². The van der Waals surface area contributed by atoms with Gasteiger partial charge in [0.15, 0.2) is 5.25 Å². The molecule has 0 radical (unpaired) electrons. The van der Waals surface area contributed by atoms with Crippen LogP contribution in [0.3, 0.4) is 0 Å². The Labute approximate surface area is 156 Å². The number of esters is 2. The second kappa shape index (κ2) is 14.7. The number of carbonyl (C=O) groups excluding carboxylic acids is 2. The monoisotopic (exact) mass is 392 g/mol. The predicted octanol–water partition coefficient (Wildman–Crippen LogP) is 3.78. The zero-order valence-corrected chi connectivity index (χ0v) is 16.5. The lowest BCUT2D eigenvalue weighted by atomic mass is 10.1. The fourth-order valence-corrected chi connectivity index (χ4v) is 3.12. The Kier molecular flexibility index (Phi) is 13.9. The molecular formula is C18H32O7S. The van der Waals surface area contributed by atoms with Crippen LogP contribution in [0.4, 0.5) is 0 Å². The lowest BCUT2D eigenvalue weighted by molar-refractivity contribution is -0.147. The van der Waals surface area contributed by atoms with Gasteiger partial charge >= 0.3 is 11.9 Å². The summed E-state index contributed by atoms with van der Waals surface area (Å²) in [5.41, 5.74) is 0. The molecule has 0 aromatic heterocycles. The molecule has 1 atom stereocenters. The van der Waals surface area contributed by atoms with E-state index in [0.717, 1.165) is 25.5 Å². The molecule has 0 spiro atoms. The van der Waals surface area contributed by atoms with Crippen LogP contribution in [0.2, 0.25) is 0 Å². The SMILES string of the molecule is C=COC(=O)CC(C(=O)OCCCCCCCCCCCC)S(=O)(=O)O. The van der Waals surface area contributed by atoms with E-state index in [0.29, 0.717) is 6.42 Å². The summed E-state index contributed by atoms with van der Waals surface area (Å²) in [4.78, 5) is 23.1. The molecular weight excluding hydrogens is 360 g/mol. The van der Waals surface area contributed by atoms with E-state index >= 15 is 0 Å². The first-order valence-corrected chi connectivity index (χ1v) is 10.8. The van der Waals surface area contributed by atoms with Gasteiger partial charge in [0.1, 0.15) is 0 Å². The van der Waals surface area contributed by atoms with Crippen LogP contribution in [0.25, 0.3) is 0 Å². The Morgan fingerprint density at radius 2 is 1.50 bits per heavy atom. The lowest BCUT2D eigenvalue weighted by Crippen LogP contribution is -2.34. The van der Waals surface area contributed by atoms with E-state index in [4.69, 9.17) is 9.29 Å². The molecule has 0 fully saturated rings. The Morgan fingerprint density at radius 1 is 1.00 bits per heavy atom. The molecule has 0 saturated heterocycles. The van der Waals surface area contributed by atoms with Gasteiger partial charge in [-0.1, -0.05) is 71.3 Å². The van der Waals surface area contributed by atoms with E-state index in [2.05, 4.69) is 18.2 Å². The Hall–Kier alpha value is -1.41. The van der Waals surface area contributed by atoms with Gasteiger partial charge in [-0.15, -0.1) is 0 Å². The molecule has 0 aromatic rings. The van der Waals surface area contributed by atoms with Crippen molar-refractivity contribution in [3.63, 3.8) is 0 Å². The standard InChI is InChI=1S/C18H32O7S/c1-3-5-6-7-8-9-10-11-12-13-14-25-18(20)16(26(21,22)23)15-17(19)24-4-2/h4,16H,2-3,5-15H2,1H3,(H,21,22,23). The highest BCUT2D eigenvalue weighted by molar-refractivity contribution is 7.87. The number of carbonyl (C=O) groups is 2. The van der Waals surface area contributed by atoms with Gasteiger partial charge in [0.2, 0.25) is 0 Å². The van der Waals surface area contributed by atoms with Crippen LogP contribution in [0.5, 0.6) is 0 Å². The molecule has 8 heteroatoms. The summed E-state index contributed by atoms with van der Waals surface area (Å²) >= 11 is 0. The van der Waals surface area contributed by atoms with Gasteiger partial charge in [0, 0.05) is 0 Å². The van der Waals surface area contributed by atoms with Crippen molar-refractivity contribution in [3.05, 3.63) is 12.8 Å². The van der Waals surface area contributed by atoms with Crippen LogP contribution in [0, 0.1) is 0 Å². The van der Waals surface area contributed by atoms with Crippen molar-refractivity contribution in [1.29, 1.82) is 0 Å². The van der Waals surface area contributed by atoms with Crippen molar-refractivity contribution in [1.82, 2.24) is 0 Å². The molecule has 0 aliphatic heterocycles. The normalized spacial score (nSPS) is 12.4. The highest BCUT2D eigenvalue weighted by Crippen LogP contribution is 2.12. The van der Waals surface area contributed by atoms with Gasteiger partial charge in [-0.3, -0.25) is 14.1 Å². The highest BCUT2D eigenvalue weighted by atomic mass is 32.2. The van der Waals surface area contributed by atoms with Crippen LogP contribution in [-0.2, 0) is 29.2 Å². The maximum atomic E-state index is 11.8. The summed E-state index contributed by atoms with van der Waals surface area (Å²) < 4.78 is 40.8. The molecule has 152 valence electrons. The largest absolute Gasteiger partial charge is 0.465 e. The summed E-state index contributed by atoms with van der Waals surface area (Å²) in [7, 11) is -4.75. The Bertz CT molecular complexity index is 514. The lowest BCUT2D eigenvalue weighted by Gasteiger charge is -2.12. The third-order valence-corrected chi connectivity index (χ3v) is 5.01. The van der Waals surface area contributed by atoms with Crippen LogP contribution in [-0.4, -0.2) is 36.8 Å². The molecule has 1 N–H and O–H groups in total. The molecule has 0 aliphatic carbocycles. The summed E-state index contributed by atoms with van der Waals surface area (Å²) in [5, 5.41) is -1.97. The van der Waals surface area contributed by atoms with Crippen molar-refractivity contribution in [3.8, 4) is 0 Å². The van der Waals surface area contributed by atoms with Crippen molar-refractivity contribution in [2.75, 3.05) is 6.61 Å². The molecule has 7 nitrogen and oxygen atoms in total. The van der Waals surface area contributed by atoms with E-state index in [-0.39, 0.29) is 6.61 Å². The molecule has 0 saturated carbocycles. The van der Waals surface area contributed by atoms with Crippen molar-refractivity contribution in [2.45, 2.75) is 82.8 Å². The first-order valence-electron chi connectivity index (χ1n) is 9.26. The fraction of sp³-hybridized carbons (Fsp3) is 0.778. The highest BCUT2D eigenvalue weighted by Gasteiger charge is 2.35. The van der Waals surface area contributed by atoms with Gasteiger partial charge in [-0.25, -0.2) is 0 Å². The predicted molar refractivity (Wildman–Crippen MR) is 99.0 cm³/mol. The summed E-state index contributed by atoms with van der Waals surface area (Å²) in [6, 6.07) is 0. The molecule has 0 rings (SSSR count). The van der Waals surface area contributed by atoms with Crippen molar-refractivity contribution in [2.24, 2.45) is 0 Å². The number of rotatable bonds is 16. The van der Waals surface area contributed by atoms with E-state index in [9.17, 15) is 18.0 Å². The molecule has 0 aromatic carbocycles. The second-order valence-electron chi connectivity index (χ2n) is 6.21. The fourth-order valence-electron chi connectivity index (χ4n) is 2.46. The quantitative estimate of drug-likeness (QED) is 0.184. The van der Waals surface area contributed by atoms with E-state index in [1.54, 1.807) is 0 Å². The number of hydrogen-bond donors (Lipinski definition) is 1. The number of ether oxygens (including phenoxy) is 2. The zero-order valence-electron chi connectivity index (χ0n) is 15.7. The summed E-state index contributed by atoms with van der Waals surface area (Å²) in [6.45, 7) is 5.40. The number of hydrogen-bond acceptors (Lipinski definition) is 6. The van der Waals surface area contributed by atoms with Crippen molar-refractivity contribution < 1.29 is 32.0 Å². The minimum Gasteiger partial charge on any atom is -0.465 e. The second-order valence-corrected chi connectivity index (χ2v) is 7.81. The van der Waals surface area contributed by atoms with Crippen LogP contribution in [0.15, 0.2) is 12.8 Å². The first-order chi connectivity index (χ1) is 12.3. The molecule has 0 bridgehead atoms. The number of unbranched alkanes of at least 4 members (excludes halogenated alkanes) is 9. The summed E-state index contributed by atoms with van der Waals surface area (Å²) in [5.74, 6) is -2.14. The Morgan fingerprint density at radius 3 is 1.96 bits per heavy atom. The minimum absolute atomic E-state index is 0.0534. The van der Waals surface area contributed by atoms with Crippen molar-refractivity contribution >= 4 is 22.1 Å². The molecule has 26 heavy (non-hydrogen) atoms. The smallest absolute Gasteiger partial charge is 0.327 e. The van der Waals surface area contributed by atoms with Gasteiger partial charge < -0.3 is 9.47 Å². The van der Waals surface area contributed by atoms with Gasteiger partial charge in [-0.05, 0) is 6.42 Å². The third-order valence-electron chi connectivity index (χ3n) is 3.93. The van der Waals surface area contributed by atoms with Crippen LogP contribution in [0.1, 0.15) is 77.6 Å². The molecule has 0 amide bonds. The Balaban J connectivity index is 3.93. The molecule has 0 heterocycles. The maximum Gasteiger partial charge on any atom is 0.327 e. The summed E-state index contributed by atoms with van der Waals surface area (Å²) in [6.07, 6.45) is 11.2. The zero-order chi connectivity index (χ0) is 19.8. The van der Waals surface area contributed by atoms with E-state index in [1.807, 2.05) is 0 Å². The first kappa shape index (κ1) is 24.6. The average molecular weight is 393 g/mol.